The summed E-state index contributed by atoms with van der Waals surface area (Å²) in [5.74, 6) is 0. The summed E-state index contributed by atoms with van der Waals surface area (Å²) in [6.07, 6.45) is 0. The van der Waals surface area contributed by atoms with Crippen LogP contribution in [0.3, 0.4) is 0 Å². The van der Waals surface area contributed by atoms with Crippen molar-refractivity contribution in [3.05, 3.63) is 0 Å². The Morgan fingerprint density at radius 3 is 1.17 bits per heavy atom. The van der Waals surface area contributed by atoms with Crippen molar-refractivity contribution < 1.29 is 37.0 Å². The van der Waals surface area contributed by atoms with Gasteiger partial charge in [-0.3, -0.25) is 0 Å². The van der Waals surface area contributed by atoms with Crippen molar-refractivity contribution in [1.29, 1.82) is 0 Å². The SMILES string of the molecule is OP(O)O.[Ba+2].[H-].[H-].[Zn]. The van der Waals surface area contributed by atoms with Gasteiger partial charge in [-0.15, -0.1) is 0 Å². The zero-order valence-corrected chi connectivity index (χ0v) is 11.5. The molecule has 0 rings (SSSR count). The summed E-state index contributed by atoms with van der Waals surface area (Å²) in [5.41, 5.74) is 0. The normalized spacial score (nSPS) is 6.00. The molecule has 0 saturated heterocycles. The summed E-state index contributed by atoms with van der Waals surface area (Å²) < 4.78 is 0. The Hall–Kier alpha value is 2.50. The van der Waals surface area contributed by atoms with Gasteiger partial charge in [0.1, 0.15) is 0 Å². The van der Waals surface area contributed by atoms with Crippen molar-refractivity contribution >= 4 is 57.5 Å². The monoisotopic (exact) mass is 286 g/mol. The van der Waals surface area contributed by atoms with E-state index in [0.717, 1.165) is 0 Å². The average molecular weight is 287 g/mol. The molecule has 3 N–H and O–H groups in total. The third-order valence-electron chi connectivity index (χ3n) is 0. The fraction of sp³-hybridized carbons (Fsp3) is 0. The molecule has 0 fully saturated rings. The van der Waals surface area contributed by atoms with Crippen molar-refractivity contribution in [3.8, 4) is 0 Å². The Morgan fingerprint density at radius 2 is 1.17 bits per heavy atom. The molecule has 6 heavy (non-hydrogen) atoms. The Bertz CT molecular complexity index is 22.0. The van der Waals surface area contributed by atoms with Crippen LogP contribution in [0.4, 0.5) is 0 Å². The first-order chi connectivity index (χ1) is 1.73. The van der Waals surface area contributed by atoms with Gasteiger partial charge in [-0.25, -0.2) is 0 Å². The first-order valence-corrected chi connectivity index (χ1v) is 1.80. The molecular weight excluding hydrogens is 282 g/mol. The van der Waals surface area contributed by atoms with Crippen LogP contribution >= 0.6 is 8.60 Å². The van der Waals surface area contributed by atoms with Gasteiger partial charge in [0.05, 0.1) is 0 Å². The molecule has 0 heterocycles. The maximum Gasteiger partial charge on any atom is 2.00 e. The van der Waals surface area contributed by atoms with Crippen molar-refractivity contribution in [3.63, 3.8) is 0 Å². The molecule has 32 valence electrons. The molecular formula is H5BaO3PZn. The van der Waals surface area contributed by atoms with Gasteiger partial charge in [0.25, 0.3) is 0 Å². The number of rotatable bonds is 0. The van der Waals surface area contributed by atoms with E-state index >= 15 is 0 Å². The molecule has 0 atom stereocenters. The van der Waals surface area contributed by atoms with Crippen molar-refractivity contribution in [1.82, 2.24) is 0 Å². The molecule has 0 unspecified atom stereocenters. The zero-order chi connectivity index (χ0) is 3.58. The molecule has 0 radical (unpaired) electrons. The van der Waals surface area contributed by atoms with E-state index in [1.807, 2.05) is 0 Å². The van der Waals surface area contributed by atoms with E-state index in [1.165, 1.54) is 0 Å². The van der Waals surface area contributed by atoms with E-state index in [4.69, 9.17) is 14.7 Å². The van der Waals surface area contributed by atoms with Crippen molar-refractivity contribution in [2.45, 2.75) is 0 Å². The first-order valence-electron chi connectivity index (χ1n) is 0.600. The largest absolute Gasteiger partial charge is 2.00 e. The third kappa shape index (κ3) is 31.4. The van der Waals surface area contributed by atoms with E-state index in [2.05, 4.69) is 0 Å². The van der Waals surface area contributed by atoms with E-state index in [0.29, 0.717) is 0 Å². The van der Waals surface area contributed by atoms with Gasteiger partial charge < -0.3 is 17.5 Å². The number of hydrogen-bond donors (Lipinski definition) is 3. The van der Waals surface area contributed by atoms with Gasteiger partial charge >= 0.3 is 57.5 Å². The molecule has 0 aromatic heterocycles. The molecule has 0 aromatic carbocycles. The first kappa shape index (κ1) is 15.8. The number of hydrogen-bond acceptors (Lipinski definition) is 3. The molecule has 0 aliphatic heterocycles. The molecule has 0 bridgehead atoms. The Labute approximate surface area is 92.9 Å². The average Bonchev–Trinajstić information content (AvgIpc) is 0.811. The van der Waals surface area contributed by atoms with Crippen LogP contribution in [-0.4, -0.2) is 63.6 Å². The van der Waals surface area contributed by atoms with Gasteiger partial charge in [0.15, 0.2) is 0 Å². The quantitative estimate of drug-likeness (QED) is 0.397. The molecule has 6 heteroatoms. The Morgan fingerprint density at radius 1 is 1.17 bits per heavy atom. The third-order valence-corrected chi connectivity index (χ3v) is 0. The van der Waals surface area contributed by atoms with Crippen molar-refractivity contribution in [2.75, 3.05) is 0 Å². The molecule has 0 aromatic rings. The van der Waals surface area contributed by atoms with E-state index in [1.54, 1.807) is 0 Å². The van der Waals surface area contributed by atoms with Crippen LogP contribution in [0, 0.1) is 0 Å². The standard InChI is InChI=1S/Ba.H3O3P.Zn.2H/c;1-4(2)3;;;/h;1-3H;;;/q+2;;;2*-1. The zero-order valence-electron chi connectivity index (χ0n) is 5.20. The van der Waals surface area contributed by atoms with Crippen LogP contribution in [0.5, 0.6) is 0 Å². The van der Waals surface area contributed by atoms with Crippen molar-refractivity contribution in [2.24, 2.45) is 0 Å². The summed E-state index contributed by atoms with van der Waals surface area (Å²) in [7, 11) is -2.62. The maximum atomic E-state index is 7.23. The van der Waals surface area contributed by atoms with Gasteiger partial charge in [0, 0.05) is 19.5 Å². The van der Waals surface area contributed by atoms with Gasteiger partial charge in [-0.1, -0.05) is 0 Å². The van der Waals surface area contributed by atoms with Gasteiger partial charge in [-0.05, 0) is 0 Å². The van der Waals surface area contributed by atoms with Crippen LogP contribution < -0.4 is 0 Å². The van der Waals surface area contributed by atoms with Crippen LogP contribution in [-0.2, 0) is 19.5 Å². The maximum absolute atomic E-state index is 7.23. The summed E-state index contributed by atoms with van der Waals surface area (Å²) in [4.78, 5) is 21.7. The smallest absolute Gasteiger partial charge is 1.00 e. The van der Waals surface area contributed by atoms with Crippen LogP contribution in [0.2, 0.25) is 0 Å². The Balaban J connectivity index is -0.00000000750. The second kappa shape index (κ2) is 10.5. The topological polar surface area (TPSA) is 60.7 Å². The molecule has 3 nitrogen and oxygen atoms in total. The second-order valence-electron chi connectivity index (χ2n) is 0.268. The Kier molecular flexibility index (Phi) is 27.6. The minimum Gasteiger partial charge on any atom is -1.00 e. The minimum absolute atomic E-state index is 0. The summed E-state index contributed by atoms with van der Waals surface area (Å²) in [5, 5.41) is 0. The molecule has 0 aliphatic rings. The summed E-state index contributed by atoms with van der Waals surface area (Å²) in [6.45, 7) is 0. The van der Waals surface area contributed by atoms with Gasteiger partial charge in [0.2, 0.25) is 0 Å². The van der Waals surface area contributed by atoms with E-state index in [9.17, 15) is 0 Å². The molecule has 0 spiro atoms. The fourth-order valence-electron chi connectivity index (χ4n) is 0. The second-order valence-corrected chi connectivity index (χ2v) is 0.805. The summed E-state index contributed by atoms with van der Waals surface area (Å²) in [6, 6.07) is 0. The summed E-state index contributed by atoms with van der Waals surface area (Å²) >= 11 is 0. The molecule has 0 aliphatic carbocycles. The van der Waals surface area contributed by atoms with E-state index in [-0.39, 0.29) is 71.2 Å². The molecule has 0 amide bonds. The molecule has 0 saturated carbocycles. The minimum atomic E-state index is -2.62. The van der Waals surface area contributed by atoms with Crippen LogP contribution in [0.1, 0.15) is 2.85 Å². The van der Waals surface area contributed by atoms with E-state index < -0.39 is 8.60 Å². The van der Waals surface area contributed by atoms with Crippen LogP contribution in [0.25, 0.3) is 0 Å². The fourth-order valence-corrected chi connectivity index (χ4v) is 0. The predicted octanol–water partition coefficient (Wildman–Crippen LogP) is -0.968. The van der Waals surface area contributed by atoms with Gasteiger partial charge in [-0.2, -0.15) is 0 Å². The van der Waals surface area contributed by atoms with Crippen LogP contribution in [0.15, 0.2) is 0 Å². The predicted molar refractivity (Wildman–Crippen MR) is 21.6 cm³/mol.